The van der Waals surface area contributed by atoms with Crippen molar-refractivity contribution in [1.82, 2.24) is 9.80 Å². The van der Waals surface area contributed by atoms with Gasteiger partial charge in [-0.3, -0.25) is 9.69 Å². The Bertz CT molecular complexity index is 585. The second-order valence-electron chi connectivity index (χ2n) is 7.23. The molecule has 1 aromatic rings. The minimum absolute atomic E-state index is 0.0328. The molecule has 1 saturated carbocycles. The lowest BCUT2D eigenvalue weighted by atomic mass is 10.0. The van der Waals surface area contributed by atoms with E-state index in [0.29, 0.717) is 17.2 Å². The molecule has 0 spiro atoms. The summed E-state index contributed by atoms with van der Waals surface area (Å²) in [6.07, 6.45) is 4.18. The predicted octanol–water partition coefficient (Wildman–Crippen LogP) is 2.69. The third kappa shape index (κ3) is 2.34. The minimum Gasteiger partial charge on any atom is -0.335 e. The molecule has 1 aromatic carbocycles. The first-order chi connectivity index (χ1) is 10.6. The molecule has 2 unspecified atom stereocenters. The van der Waals surface area contributed by atoms with E-state index in [-0.39, 0.29) is 11.7 Å². The summed E-state index contributed by atoms with van der Waals surface area (Å²) in [7, 11) is 0. The average Bonchev–Trinajstić information content (AvgIpc) is 3.01. The first-order valence-electron chi connectivity index (χ1n) is 8.41. The fourth-order valence-corrected chi connectivity index (χ4v) is 4.33. The van der Waals surface area contributed by atoms with Gasteiger partial charge >= 0.3 is 0 Å². The van der Waals surface area contributed by atoms with Crippen molar-refractivity contribution in [3.63, 3.8) is 0 Å². The van der Waals surface area contributed by atoms with Crippen LogP contribution < -0.4 is 0 Å². The van der Waals surface area contributed by atoms with Crippen molar-refractivity contribution in [2.75, 3.05) is 26.2 Å². The molecule has 2 saturated heterocycles. The van der Waals surface area contributed by atoms with Gasteiger partial charge in [-0.15, -0.1) is 0 Å². The smallest absolute Gasteiger partial charge is 0.254 e. The highest BCUT2D eigenvalue weighted by atomic mass is 19.1. The van der Waals surface area contributed by atoms with E-state index in [9.17, 15) is 9.18 Å². The first-order valence-corrected chi connectivity index (χ1v) is 8.41. The molecule has 4 heteroatoms. The number of hydrogen-bond acceptors (Lipinski definition) is 2. The Kier molecular flexibility index (Phi) is 3.44. The van der Waals surface area contributed by atoms with Crippen LogP contribution in [0.1, 0.15) is 35.2 Å². The van der Waals surface area contributed by atoms with E-state index in [1.165, 1.54) is 38.4 Å². The summed E-state index contributed by atoms with van der Waals surface area (Å²) < 4.78 is 13.6. The molecule has 2 heterocycles. The van der Waals surface area contributed by atoms with Gasteiger partial charge in [-0.2, -0.15) is 0 Å². The summed E-state index contributed by atoms with van der Waals surface area (Å²) in [5.41, 5.74) is 1.06. The standard InChI is InChI=1S/C18H23FN2O/c1-12-5-6-13(7-17(12)19)18(22)21-10-16(11-21)20-8-14-3-2-4-15(14)9-20/h5-7,14-16H,2-4,8-11H2,1H3. The van der Waals surface area contributed by atoms with Gasteiger partial charge in [-0.25, -0.2) is 4.39 Å². The molecule has 3 fully saturated rings. The molecule has 0 N–H and O–H groups in total. The van der Waals surface area contributed by atoms with Crippen molar-refractivity contribution in [3.8, 4) is 0 Å². The second kappa shape index (κ2) is 5.34. The van der Waals surface area contributed by atoms with Crippen molar-refractivity contribution < 1.29 is 9.18 Å². The van der Waals surface area contributed by atoms with E-state index < -0.39 is 0 Å². The first kappa shape index (κ1) is 14.2. The minimum atomic E-state index is -0.296. The molecule has 22 heavy (non-hydrogen) atoms. The highest BCUT2D eigenvalue weighted by Crippen LogP contribution is 2.39. The van der Waals surface area contributed by atoms with Crippen molar-refractivity contribution >= 4 is 5.91 Å². The Balaban J connectivity index is 1.35. The third-order valence-corrected chi connectivity index (χ3v) is 5.84. The Hall–Kier alpha value is -1.42. The molecule has 3 nitrogen and oxygen atoms in total. The molecule has 1 amide bonds. The monoisotopic (exact) mass is 302 g/mol. The number of amides is 1. The number of carbonyl (C=O) groups is 1. The van der Waals surface area contributed by atoms with E-state index in [1.54, 1.807) is 19.1 Å². The van der Waals surface area contributed by atoms with E-state index in [2.05, 4.69) is 4.90 Å². The van der Waals surface area contributed by atoms with Gasteiger partial charge in [0.1, 0.15) is 5.82 Å². The number of hydrogen-bond donors (Lipinski definition) is 0. The Morgan fingerprint density at radius 3 is 2.45 bits per heavy atom. The van der Waals surface area contributed by atoms with E-state index >= 15 is 0 Å². The lowest BCUT2D eigenvalue weighted by molar-refractivity contribution is 0.0312. The number of aryl methyl sites for hydroxylation is 1. The molecule has 0 bridgehead atoms. The van der Waals surface area contributed by atoms with Gasteiger partial charge in [0.25, 0.3) is 5.91 Å². The van der Waals surface area contributed by atoms with Crippen LogP contribution in [0.2, 0.25) is 0 Å². The van der Waals surface area contributed by atoms with Gasteiger partial charge in [-0.1, -0.05) is 12.5 Å². The number of likely N-dealkylation sites (tertiary alicyclic amines) is 2. The summed E-state index contributed by atoms with van der Waals surface area (Å²) >= 11 is 0. The van der Waals surface area contributed by atoms with Gasteiger partial charge in [0, 0.05) is 37.8 Å². The molecular formula is C18H23FN2O. The van der Waals surface area contributed by atoms with Crippen LogP contribution >= 0.6 is 0 Å². The second-order valence-corrected chi connectivity index (χ2v) is 7.23. The number of fused-ring (bicyclic) bond motifs is 1. The molecule has 1 aliphatic carbocycles. The highest BCUT2D eigenvalue weighted by molar-refractivity contribution is 5.94. The number of halogens is 1. The number of carbonyl (C=O) groups excluding carboxylic acids is 1. The van der Waals surface area contributed by atoms with Gasteiger partial charge in [0.15, 0.2) is 0 Å². The molecular weight excluding hydrogens is 279 g/mol. The third-order valence-electron chi connectivity index (χ3n) is 5.84. The van der Waals surface area contributed by atoms with Crippen LogP contribution in [0.15, 0.2) is 18.2 Å². The summed E-state index contributed by atoms with van der Waals surface area (Å²) in [4.78, 5) is 16.8. The summed E-state index contributed by atoms with van der Waals surface area (Å²) in [5, 5.41) is 0. The zero-order valence-corrected chi connectivity index (χ0v) is 13.1. The van der Waals surface area contributed by atoms with Crippen molar-refractivity contribution in [1.29, 1.82) is 0 Å². The lowest BCUT2D eigenvalue weighted by Gasteiger charge is -2.44. The zero-order valence-electron chi connectivity index (χ0n) is 13.1. The van der Waals surface area contributed by atoms with Gasteiger partial charge < -0.3 is 4.90 Å². The van der Waals surface area contributed by atoms with Crippen LogP contribution in [0.5, 0.6) is 0 Å². The van der Waals surface area contributed by atoms with Gasteiger partial charge in [0.2, 0.25) is 0 Å². The largest absolute Gasteiger partial charge is 0.335 e. The van der Waals surface area contributed by atoms with Crippen molar-refractivity contribution in [2.24, 2.45) is 11.8 Å². The maximum atomic E-state index is 13.6. The van der Waals surface area contributed by atoms with Crippen LogP contribution in [-0.4, -0.2) is 47.9 Å². The Morgan fingerprint density at radius 1 is 1.14 bits per heavy atom. The fourth-order valence-electron chi connectivity index (χ4n) is 4.33. The lowest BCUT2D eigenvalue weighted by Crippen LogP contribution is -2.60. The molecule has 2 atom stereocenters. The summed E-state index contributed by atoms with van der Waals surface area (Å²) in [6, 6.07) is 5.30. The van der Waals surface area contributed by atoms with Crippen LogP contribution in [0.25, 0.3) is 0 Å². The molecule has 2 aliphatic heterocycles. The highest BCUT2D eigenvalue weighted by Gasteiger charge is 2.43. The number of rotatable bonds is 2. The summed E-state index contributed by atoms with van der Waals surface area (Å²) in [5.74, 6) is 1.47. The molecule has 4 rings (SSSR count). The maximum absolute atomic E-state index is 13.6. The Labute approximate surface area is 131 Å². The average molecular weight is 302 g/mol. The quantitative estimate of drug-likeness (QED) is 0.838. The van der Waals surface area contributed by atoms with E-state index in [1.807, 2.05) is 4.90 Å². The van der Waals surface area contributed by atoms with Crippen LogP contribution in [0, 0.1) is 24.6 Å². The normalized spacial score (nSPS) is 28.7. The van der Waals surface area contributed by atoms with Crippen LogP contribution in [-0.2, 0) is 0 Å². The maximum Gasteiger partial charge on any atom is 0.254 e. The Morgan fingerprint density at radius 2 is 1.82 bits per heavy atom. The summed E-state index contributed by atoms with van der Waals surface area (Å²) in [6.45, 7) is 5.75. The topological polar surface area (TPSA) is 23.6 Å². The SMILES string of the molecule is Cc1ccc(C(=O)N2CC(N3CC4CCCC4C3)C2)cc1F. The van der Waals surface area contributed by atoms with Crippen molar-refractivity contribution in [2.45, 2.75) is 32.2 Å². The fraction of sp³-hybridized carbons (Fsp3) is 0.611. The molecule has 0 aromatic heterocycles. The number of benzene rings is 1. The van der Waals surface area contributed by atoms with Gasteiger partial charge in [0.05, 0.1) is 0 Å². The zero-order chi connectivity index (χ0) is 15.3. The van der Waals surface area contributed by atoms with Crippen molar-refractivity contribution in [3.05, 3.63) is 35.1 Å². The van der Waals surface area contributed by atoms with Crippen LogP contribution in [0.3, 0.4) is 0 Å². The van der Waals surface area contributed by atoms with E-state index in [0.717, 1.165) is 24.9 Å². The molecule has 0 radical (unpaired) electrons. The molecule has 3 aliphatic rings. The molecule has 118 valence electrons. The predicted molar refractivity (Wildman–Crippen MR) is 83.2 cm³/mol. The van der Waals surface area contributed by atoms with Crippen LogP contribution in [0.4, 0.5) is 4.39 Å². The van der Waals surface area contributed by atoms with E-state index in [4.69, 9.17) is 0 Å². The van der Waals surface area contributed by atoms with Gasteiger partial charge in [-0.05, 0) is 49.3 Å². The number of nitrogens with zero attached hydrogens (tertiary/aromatic N) is 2.